The molecule has 1 heterocycles. The molecule has 0 bridgehead atoms. The van der Waals surface area contributed by atoms with Crippen LogP contribution in [0.5, 0.6) is 0 Å². The average Bonchev–Trinajstić information content (AvgIpc) is 2.90. The van der Waals surface area contributed by atoms with Crippen molar-refractivity contribution in [3.63, 3.8) is 0 Å². The molecule has 3 rings (SSSR count). The number of carbonyl (C=O) groups excluding carboxylic acids is 2. The van der Waals surface area contributed by atoms with E-state index in [0.717, 1.165) is 19.3 Å². The van der Waals surface area contributed by atoms with Crippen LogP contribution in [0.25, 0.3) is 0 Å². The van der Waals surface area contributed by atoms with Crippen LogP contribution in [0.4, 0.5) is 4.79 Å². The predicted molar refractivity (Wildman–Crippen MR) is 54.1 cm³/mol. The maximum Gasteiger partial charge on any atom is 0.324 e. The number of imide groups is 1. The lowest BCUT2D eigenvalue weighted by molar-refractivity contribution is -0.133. The van der Waals surface area contributed by atoms with Crippen LogP contribution in [-0.2, 0) is 4.79 Å². The Morgan fingerprint density at radius 3 is 2.33 bits per heavy atom. The van der Waals surface area contributed by atoms with Crippen molar-refractivity contribution in [3.05, 3.63) is 0 Å². The van der Waals surface area contributed by atoms with Gasteiger partial charge in [0.2, 0.25) is 5.91 Å². The van der Waals surface area contributed by atoms with E-state index in [1.807, 2.05) is 0 Å². The molecule has 1 atom stereocenters. The number of hydrogen-bond donors (Lipinski definition) is 1. The molecule has 1 aliphatic heterocycles. The van der Waals surface area contributed by atoms with Gasteiger partial charge < -0.3 is 5.32 Å². The highest BCUT2D eigenvalue weighted by atomic mass is 16.2. The van der Waals surface area contributed by atoms with Gasteiger partial charge in [-0.15, -0.1) is 0 Å². The van der Waals surface area contributed by atoms with Crippen LogP contribution in [0.1, 0.15) is 38.5 Å². The molecule has 2 saturated carbocycles. The van der Waals surface area contributed by atoms with E-state index >= 15 is 0 Å². The summed E-state index contributed by atoms with van der Waals surface area (Å²) in [5.41, 5.74) is 0. The van der Waals surface area contributed by atoms with Crippen molar-refractivity contribution >= 4 is 11.9 Å². The highest BCUT2D eigenvalue weighted by Crippen LogP contribution is 2.36. The van der Waals surface area contributed by atoms with Crippen molar-refractivity contribution in [1.29, 1.82) is 0 Å². The Morgan fingerprint density at radius 2 is 1.87 bits per heavy atom. The fourth-order valence-electron chi connectivity index (χ4n) is 2.48. The lowest BCUT2D eigenvalue weighted by Gasteiger charge is -2.40. The molecule has 0 spiro atoms. The van der Waals surface area contributed by atoms with Gasteiger partial charge in [-0.2, -0.15) is 0 Å². The second-order valence-electron chi connectivity index (χ2n) is 4.95. The molecular formula is C11H16N2O2. The summed E-state index contributed by atoms with van der Waals surface area (Å²) in [5, 5.41) is 2.97. The molecule has 0 aromatic rings. The molecule has 0 radical (unpaired) electrons. The molecule has 4 heteroatoms. The van der Waals surface area contributed by atoms with Gasteiger partial charge in [0, 0.05) is 18.5 Å². The maximum absolute atomic E-state index is 11.8. The van der Waals surface area contributed by atoms with E-state index in [2.05, 4.69) is 5.32 Å². The van der Waals surface area contributed by atoms with Crippen LogP contribution in [-0.4, -0.2) is 28.9 Å². The first kappa shape index (κ1) is 9.19. The minimum absolute atomic E-state index is 0.0420. The van der Waals surface area contributed by atoms with Crippen molar-refractivity contribution in [1.82, 2.24) is 10.2 Å². The molecule has 3 amide bonds. The van der Waals surface area contributed by atoms with Gasteiger partial charge in [-0.1, -0.05) is 0 Å². The molecule has 15 heavy (non-hydrogen) atoms. The van der Waals surface area contributed by atoms with E-state index < -0.39 is 0 Å². The van der Waals surface area contributed by atoms with Crippen molar-refractivity contribution in [2.75, 3.05) is 0 Å². The molecule has 3 fully saturated rings. The van der Waals surface area contributed by atoms with Crippen LogP contribution in [0.2, 0.25) is 0 Å². The topological polar surface area (TPSA) is 49.4 Å². The summed E-state index contributed by atoms with van der Waals surface area (Å²) in [6.45, 7) is 0. The number of nitrogens with zero attached hydrogens (tertiary/aromatic N) is 1. The summed E-state index contributed by atoms with van der Waals surface area (Å²) >= 11 is 0. The fourth-order valence-corrected chi connectivity index (χ4v) is 2.48. The summed E-state index contributed by atoms with van der Waals surface area (Å²) in [4.78, 5) is 25.1. The number of rotatable bonds is 2. The summed E-state index contributed by atoms with van der Waals surface area (Å²) in [6.07, 6.45) is 5.99. The predicted octanol–water partition coefficient (Wildman–Crippen LogP) is 1.26. The zero-order valence-electron chi connectivity index (χ0n) is 8.74. The second-order valence-corrected chi connectivity index (χ2v) is 4.95. The molecule has 1 saturated heterocycles. The van der Waals surface area contributed by atoms with Crippen LogP contribution >= 0.6 is 0 Å². The number of urea groups is 1. The Morgan fingerprint density at radius 1 is 1.13 bits per heavy atom. The number of hydrogen-bond acceptors (Lipinski definition) is 2. The number of nitrogens with one attached hydrogen (secondary N) is 1. The first-order valence-electron chi connectivity index (χ1n) is 5.88. The highest BCUT2D eigenvalue weighted by Gasteiger charge is 2.43. The lowest BCUT2D eigenvalue weighted by Crippen LogP contribution is -2.60. The standard InChI is InChI=1S/C11H16N2O2/c14-10-6-9(7-4-5-7)12-11(15)13(10)8-2-1-3-8/h7-9H,1-6H2,(H,12,15). The molecule has 0 aromatic heterocycles. The second kappa shape index (κ2) is 3.22. The van der Waals surface area contributed by atoms with Gasteiger partial charge in [-0.25, -0.2) is 4.79 Å². The van der Waals surface area contributed by atoms with E-state index in [9.17, 15) is 9.59 Å². The minimum Gasteiger partial charge on any atom is -0.334 e. The molecule has 2 aliphatic carbocycles. The zero-order chi connectivity index (χ0) is 10.4. The van der Waals surface area contributed by atoms with Crippen LogP contribution in [0.15, 0.2) is 0 Å². The Labute approximate surface area is 89.0 Å². The SMILES string of the molecule is O=C1CC(C2CC2)NC(=O)N1C1CCC1. The summed E-state index contributed by atoms with van der Waals surface area (Å²) in [7, 11) is 0. The lowest BCUT2D eigenvalue weighted by atomic mass is 9.90. The highest BCUT2D eigenvalue weighted by molar-refractivity contribution is 5.97. The maximum atomic E-state index is 11.8. The third-order valence-electron chi connectivity index (χ3n) is 3.82. The van der Waals surface area contributed by atoms with E-state index in [0.29, 0.717) is 12.3 Å². The van der Waals surface area contributed by atoms with E-state index in [1.165, 1.54) is 17.7 Å². The van der Waals surface area contributed by atoms with Crippen molar-refractivity contribution in [3.8, 4) is 0 Å². The third-order valence-corrected chi connectivity index (χ3v) is 3.82. The normalized spacial score (nSPS) is 32.5. The summed E-state index contributed by atoms with van der Waals surface area (Å²) < 4.78 is 0. The largest absolute Gasteiger partial charge is 0.334 e. The van der Waals surface area contributed by atoms with Gasteiger partial charge in [0.1, 0.15) is 0 Å². The van der Waals surface area contributed by atoms with Crippen molar-refractivity contribution in [2.45, 2.75) is 50.6 Å². The molecule has 3 aliphatic rings. The first-order valence-corrected chi connectivity index (χ1v) is 5.88. The summed E-state index contributed by atoms with van der Waals surface area (Å²) in [5.74, 6) is 0.613. The van der Waals surface area contributed by atoms with Crippen molar-refractivity contribution in [2.24, 2.45) is 5.92 Å². The molecule has 1 N–H and O–H groups in total. The average molecular weight is 208 g/mol. The van der Waals surface area contributed by atoms with Crippen LogP contribution in [0.3, 0.4) is 0 Å². The van der Waals surface area contributed by atoms with Crippen LogP contribution < -0.4 is 5.32 Å². The van der Waals surface area contributed by atoms with Gasteiger partial charge in [0.05, 0.1) is 0 Å². The fraction of sp³-hybridized carbons (Fsp3) is 0.818. The molecule has 1 unspecified atom stereocenters. The molecule has 82 valence electrons. The monoisotopic (exact) mass is 208 g/mol. The van der Waals surface area contributed by atoms with Crippen molar-refractivity contribution < 1.29 is 9.59 Å². The smallest absolute Gasteiger partial charge is 0.324 e. The summed E-state index contributed by atoms with van der Waals surface area (Å²) in [6, 6.07) is 0.173. The first-order chi connectivity index (χ1) is 7.25. The number of carbonyl (C=O) groups is 2. The Bertz CT molecular complexity index is 290. The van der Waals surface area contributed by atoms with Crippen LogP contribution in [0, 0.1) is 5.92 Å². The quantitative estimate of drug-likeness (QED) is 0.742. The molecule has 0 aromatic carbocycles. The van der Waals surface area contributed by atoms with Gasteiger partial charge in [0.15, 0.2) is 0 Å². The number of amides is 3. The van der Waals surface area contributed by atoms with Gasteiger partial charge >= 0.3 is 6.03 Å². The van der Waals surface area contributed by atoms with E-state index in [-0.39, 0.29) is 24.0 Å². The third kappa shape index (κ3) is 1.52. The van der Waals surface area contributed by atoms with Gasteiger partial charge in [-0.3, -0.25) is 9.69 Å². The Hall–Kier alpha value is -1.06. The Kier molecular flexibility index (Phi) is 1.97. The minimum atomic E-state index is -0.146. The zero-order valence-corrected chi connectivity index (χ0v) is 8.74. The molecular weight excluding hydrogens is 192 g/mol. The van der Waals surface area contributed by atoms with E-state index in [1.54, 1.807) is 0 Å². The van der Waals surface area contributed by atoms with Gasteiger partial charge in [0.25, 0.3) is 0 Å². The Balaban J connectivity index is 1.70. The van der Waals surface area contributed by atoms with Gasteiger partial charge in [-0.05, 0) is 38.0 Å². The van der Waals surface area contributed by atoms with E-state index in [4.69, 9.17) is 0 Å². The molecule has 4 nitrogen and oxygen atoms in total.